The largest absolute Gasteiger partial charge is 0.445 e. The van der Waals surface area contributed by atoms with Gasteiger partial charge in [-0.15, -0.1) is 0 Å². The Morgan fingerprint density at radius 1 is 1.26 bits per heavy atom. The predicted molar refractivity (Wildman–Crippen MR) is 86.8 cm³/mol. The summed E-state index contributed by atoms with van der Waals surface area (Å²) in [5, 5.41) is 0. The minimum absolute atomic E-state index is 0.203. The van der Waals surface area contributed by atoms with Crippen molar-refractivity contribution in [1.29, 1.82) is 0 Å². The fourth-order valence-electron chi connectivity index (χ4n) is 3.53. The molecule has 2 aliphatic rings. The van der Waals surface area contributed by atoms with Gasteiger partial charge in [-0.3, -0.25) is 0 Å². The first kappa shape index (κ1) is 14.9. The second kappa shape index (κ2) is 6.44. The van der Waals surface area contributed by atoms with Crippen molar-refractivity contribution in [2.45, 2.75) is 38.0 Å². The van der Waals surface area contributed by atoms with Gasteiger partial charge in [-0.2, -0.15) is 0 Å². The lowest BCUT2D eigenvalue weighted by Crippen LogP contribution is -2.35. The number of piperidine rings is 1. The molecule has 3 nitrogen and oxygen atoms in total. The van der Waals surface area contributed by atoms with Crippen LogP contribution in [0.4, 0.5) is 4.39 Å². The number of nitrogens with zero attached hydrogens (tertiary/aromatic N) is 2. The normalized spacial score (nSPS) is 22.4. The van der Waals surface area contributed by atoms with Gasteiger partial charge in [0.2, 0.25) is 0 Å². The molecule has 2 fully saturated rings. The molecule has 0 radical (unpaired) electrons. The maximum Gasteiger partial charge on any atom is 0.198 e. The van der Waals surface area contributed by atoms with Crippen LogP contribution in [-0.4, -0.2) is 29.5 Å². The predicted octanol–water partition coefficient (Wildman–Crippen LogP) is 3.99. The maximum absolute atomic E-state index is 13.3. The Morgan fingerprint density at radius 3 is 3.00 bits per heavy atom. The summed E-state index contributed by atoms with van der Waals surface area (Å²) in [5.74, 6) is 2.82. The molecule has 122 valence electrons. The van der Waals surface area contributed by atoms with Gasteiger partial charge in [-0.1, -0.05) is 12.1 Å². The summed E-state index contributed by atoms with van der Waals surface area (Å²) in [6, 6.07) is 6.67. The highest BCUT2D eigenvalue weighted by molar-refractivity contribution is 5.21. The van der Waals surface area contributed by atoms with E-state index in [2.05, 4.69) is 9.88 Å². The molecule has 1 aliphatic heterocycles. The minimum Gasteiger partial charge on any atom is -0.445 e. The first-order valence-corrected chi connectivity index (χ1v) is 8.67. The van der Waals surface area contributed by atoms with Crippen LogP contribution in [0, 0.1) is 11.7 Å². The number of rotatable bonds is 5. The molecule has 1 aromatic carbocycles. The van der Waals surface area contributed by atoms with Gasteiger partial charge in [0.25, 0.3) is 0 Å². The molecular formula is C19H23FN2O. The zero-order valence-electron chi connectivity index (χ0n) is 13.4. The monoisotopic (exact) mass is 314 g/mol. The van der Waals surface area contributed by atoms with Gasteiger partial charge < -0.3 is 9.32 Å². The number of halogens is 1. The molecule has 1 saturated heterocycles. The Balaban J connectivity index is 1.40. The molecule has 1 atom stereocenters. The minimum atomic E-state index is -0.203. The van der Waals surface area contributed by atoms with E-state index in [-0.39, 0.29) is 5.82 Å². The Kier molecular flexibility index (Phi) is 4.17. The summed E-state index contributed by atoms with van der Waals surface area (Å²) < 4.78 is 19.2. The number of oxazole rings is 1. The van der Waals surface area contributed by atoms with Gasteiger partial charge in [0, 0.05) is 25.4 Å². The number of hydrogen-bond acceptors (Lipinski definition) is 3. The van der Waals surface area contributed by atoms with Crippen LogP contribution in [0.25, 0.3) is 0 Å². The highest BCUT2D eigenvalue weighted by Crippen LogP contribution is 2.33. The third-order valence-corrected chi connectivity index (χ3v) is 4.91. The Labute approximate surface area is 136 Å². The number of aromatic nitrogens is 1. The first-order chi connectivity index (χ1) is 11.3. The molecule has 0 N–H and O–H groups in total. The van der Waals surface area contributed by atoms with Crippen LogP contribution in [0.3, 0.4) is 0 Å². The summed E-state index contributed by atoms with van der Waals surface area (Å²) >= 11 is 0. The van der Waals surface area contributed by atoms with Crippen molar-refractivity contribution < 1.29 is 8.81 Å². The second-order valence-corrected chi connectivity index (χ2v) is 7.01. The molecule has 1 unspecified atom stereocenters. The molecule has 23 heavy (non-hydrogen) atoms. The van der Waals surface area contributed by atoms with Crippen LogP contribution in [0.5, 0.6) is 0 Å². The number of hydrogen-bond donors (Lipinski definition) is 0. The molecule has 0 spiro atoms. The van der Waals surface area contributed by atoms with E-state index in [1.54, 1.807) is 18.3 Å². The van der Waals surface area contributed by atoms with Gasteiger partial charge in [0.1, 0.15) is 11.6 Å². The summed E-state index contributed by atoms with van der Waals surface area (Å²) in [5.41, 5.74) is 0.923. The highest BCUT2D eigenvalue weighted by Gasteiger charge is 2.29. The van der Waals surface area contributed by atoms with Crippen LogP contribution in [0.1, 0.15) is 48.8 Å². The molecule has 1 aliphatic carbocycles. The molecule has 1 aromatic heterocycles. The lowest BCUT2D eigenvalue weighted by Gasteiger charge is -2.31. The Bertz CT molecular complexity index is 665. The van der Waals surface area contributed by atoms with Crippen molar-refractivity contribution in [3.8, 4) is 0 Å². The lowest BCUT2D eigenvalue weighted by molar-refractivity contribution is 0.185. The van der Waals surface area contributed by atoms with Crippen molar-refractivity contribution in [3.63, 3.8) is 0 Å². The molecule has 0 bridgehead atoms. The van der Waals surface area contributed by atoms with E-state index in [0.29, 0.717) is 12.3 Å². The lowest BCUT2D eigenvalue weighted by atomic mass is 9.98. The summed E-state index contributed by atoms with van der Waals surface area (Å²) in [6.45, 7) is 3.52. The van der Waals surface area contributed by atoms with Crippen molar-refractivity contribution in [1.82, 2.24) is 9.88 Å². The van der Waals surface area contributed by atoms with Crippen LogP contribution >= 0.6 is 0 Å². The Morgan fingerprint density at radius 2 is 2.17 bits per heavy atom. The zero-order chi connectivity index (χ0) is 15.6. The average Bonchev–Trinajstić information content (AvgIpc) is 3.23. The first-order valence-electron chi connectivity index (χ1n) is 8.67. The topological polar surface area (TPSA) is 29.3 Å². The van der Waals surface area contributed by atoms with E-state index in [1.807, 2.05) is 6.07 Å². The molecule has 4 heteroatoms. The van der Waals surface area contributed by atoms with Gasteiger partial charge >= 0.3 is 0 Å². The molecule has 0 amide bonds. The van der Waals surface area contributed by atoms with Crippen molar-refractivity contribution in [2.75, 3.05) is 19.6 Å². The van der Waals surface area contributed by atoms with E-state index >= 15 is 0 Å². The van der Waals surface area contributed by atoms with E-state index in [1.165, 1.54) is 38.4 Å². The summed E-state index contributed by atoms with van der Waals surface area (Å²) in [4.78, 5) is 7.07. The molecule has 2 heterocycles. The van der Waals surface area contributed by atoms with Crippen LogP contribution in [-0.2, 0) is 6.42 Å². The van der Waals surface area contributed by atoms with Crippen LogP contribution < -0.4 is 0 Å². The fraction of sp³-hybridized carbons (Fsp3) is 0.526. The number of benzene rings is 1. The van der Waals surface area contributed by atoms with Gasteiger partial charge in [0.15, 0.2) is 5.89 Å². The third kappa shape index (κ3) is 3.81. The molecule has 4 rings (SSSR count). The van der Waals surface area contributed by atoms with Crippen molar-refractivity contribution in [2.24, 2.45) is 5.92 Å². The maximum atomic E-state index is 13.3. The van der Waals surface area contributed by atoms with E-state index in [0.717, 1.165) is 36.1 Å². The second-order valence-electron chi connectivity index (χ2n) is 7.01. The average molecular weight is 314 g/mol. The van der Waals surface area contributed by atoms with E-state index in [9.17, 15) is 4.39 Å². The van der Waals surface area contributed by atoms with Gasteiger partial charge in [-0.25, -0.2) is 9.37 Å². The quantitative estimate of drug-likeness (QED) is 0.835. The van der Waals surface area contributed by atoms with Crippen LogP contribution in [0.15, 0.2) is 34.9 Å². The molecule has 2 aromatic rings. The zero-order valence-corrected chi connectivity index (χ0v) is 13.4. The standard InChI is InChI=1S/C19H23FN2O/c20-17-5-1-3-15(9-17)10-18-11-21-19(23-18)16-4-2-8-22(13-16)12-14-6-7-14/h1,3,5,9,11,14,16H,2,4,6-8,10,12-13H2. The van der Waals surface area contributed by atoms with Crippen molar-refractivity contribution in [3.05, 3.63) is 53.5 Å². The molecule has 1 saturated carbocycles. The highest BCUT2D eigenvalue weighted by atomic mass is 19.1. The van der Waals surface area contributed by atoms with Gasteiger partial charge in [0.05, 0.1) is 6.20 Å². The van der Waals surface area contributed by atoms with E-state index < -0.39 is 0 Å². The fourth-order valence-corrected chi connectivity index (χ4v) is 3.53. The summed E-state index contributed by atoms with van der Waals surface area (Å²) in [6.07, 6.45) is 7.58. The number of likely N-dealkylation sites (tertiary alicyclic amines) is 1. The molecular weight excluding hydrogens is 291 g/mol. The SMILES string of the molecule is Fc1cccc(Cc2cnc(C3CCCN(CC4CC4)C3)o2)c1. The smallest absolute Gasteiger partial charge is 0.198 e. The third-order valence-electron chi connectivity index (χ3n) is 4.91. The van der Waals surface area contributed by atoms with Crippen molar-refractivity contribution >= 4 is 0 Å². The summed E-state index contributed by atoms with van der Waals surface area (Å²) in [7, 11) is 0. The van der Waals surface area contributed by atoms with Crippen LogP contribution in [0.2, 0.25) is 0 Å². The Hall–Kier alpha value is -1.68. The van der Waals surface area contributed by atoms with E-state index in [4.69, 9.17) is 4.42 Å². The van der Waals surface area contributed by atoms with Gasteiger partial charge in [-0.05, 0) is 55.8 Å².